The summed E-state index contributed by atoms with van der Waals surface area (Å²) in [6, 6.07) is 24.4. The number of benzene rings is 3. The number of rotatable bonds is 8. The second-order valence-electron chi connectivity index (χ2n) is 7.11. The summed E-state index contributed by atoms with van der Waals surface area (Å²) in [5, 5.41) is 2.78. The Bertz CT molecular complexity index is 781. The Labute approximate surface area is 152 Å². The molecule has 25 heavy (non-hydrogen) atoms. The molecule has 130 valence electrons. The lowest BCUT2D eigenvalue weighted by atomic mass is 9.99. The van der Waals surface area contributed by atoms with E-state index in [1.165, 1.54) is 66.1 Å². The van der Waals surface area contributed by atoms with Gasteiger partial charge in [0.15, 0.2) is 0 Å². The SMILES string of the molecule is CN(C)c1ccc(CCCCCCc2cccc3ccccc23)cc1. The molecule has 0 heterocycles. The number of hydrogen-bond donors (Lipinski definition) is 0. The van der Waals surface area contributed by atoms with Gasteiger partial charge in [0.05, 0.1) is 0 Å². The predicted molar refractivity (Wildman–Crippen MR) is 111 cm³/mol. The van der Waals surface area contributed by atoms with E-state index in [0.29, 0.717) is 0 Å². The first-order valence-electron chi connectivity index (χ1n) is 9.47. The van der Waals surface area contributed by atoms with Gasteiger partial charge in [-0.15, -0.1) is 0 Å². The van der Waals surface area contributed by atoms with Crippen LogP contribution in [0, 0.1) is 0 Å². The minimum atomic E-state index is 1.19. The first-order valence-corrected chi connectivity index (χ1v) is 9.47. The summed E-state index contributed by atoms with van der Waals surface area (Å²) < 4.78 is 0. The summed E-state index contributed by atoms with van der Waals surface area (Å²) in [7, 11) is 4.18. The van der Waals surface area contributed by atoms with Crippen molar-refractivity contribution < 1.29 is 0 Å². The number of fused-ring (bicyclic) bond motifs is 1. The second-order valence-corrected chi connectivity index (χ2v) is 7.11. The maximum Gasteiger partial charge on any atom is 0.0361 e. The molecule has 0 aliphatic heterocycles. The molecule has 0 fully saturated rings. The van der Waals surface area contributed by atoms with Gasteiger partial charge in [-0.1, -0.05) is 67.4 Å². The van der Waals surface area contributed by atoms with Crippen LogP contribution in [-0.2, 0) is 12.8 Å². The molecule has 3 aromatic rings. The van der Waals surface area contributed by atoms with Gasteiger partial charge in [0.2, 0.25) is 0 Å². The Morgan fingerprint density at radius 1 is 0.640 bits per heavy atom. The van der Waals surface area contributed by atoms with Crippen molar-refractivity contribution in [3.63, 3.8) is 0 Å². The molecule has 0 bridgehead atoms. The Morgan fingerprint density at radius 3 is 2.08 bits per heavy atom. The summed E-state index contributed by atoms with van der Waals surface area (Å²) in [6.45, 7) is 0. The lowest BCUT2D eigenvalue weighted by molar-refractivity contribution is 0.641. The van der Waals surface area contributed by atoms with Gasteiger partial charge < -0.3 is 4.90 Å². The van der Waals surface area contributed by atoms with Crippen LogP contribution in [-0.4, -0.2) is 14.1 Å². The van der Waals surface area contributed by atoms with Gasteiger partial charge in [-0.2, -0.15) is 0 Å². The van der Waals surface area contributed by atoms with Gasteiger partial charge in [0, 0.05) is 19.8 Å². The number of nitrogens with zero attached hydrogens (tertiary/aromatic N) is 1. The van der Waals surface area contributed by atoms with E-state index >= 15 is 0 Å². The van der Waals surface area contributed by atoms with Crippen molar-refractivity contribution in [2.24, 2.45) is 0 Å². The maximum absolute atomic E-state index is 2.29. The Morgan fingerprint density at radius 2 is 1.32 bits per heavy atom. The van der Waals surface area contributed by atoms with E-state index < -0.39 is 0 Å². The van der Waals surface area contributed by atoms with Crippen molar-refractivity contribution in [2.45, 2.75) is 38.5 Å². The third-order valence-electron chi connectivity index (χ3n) is 4.99. The van der Waals surface area contributed by atoms with Crippen molar-refractivity contribution in [3.05, 3.63) is 77.9 Å². The molecule has 0 radical (unpaired) electrons. The predicted octanol–water partition coefficient (Wildman–Crippen LogP) is 6.25. The van der Waals surface area contributed by atoms with E-state index in [9.17, 15) is 0 Å². The van der Waals surface area contributed by atoms with Crippen molar-refractivity contribution >= 4 is 16.5 Å². The summed E-state index contributed by atoms with van der Waals surface area (Å²) in [5.74, 6) is 0. The molecule has 1 nitrogen and oxygen atoms in total. The quantitative estimate of drug-likeness (QED) is 0.441. The zero-order valence-corrected chi connectivity index (χ0v) is 15.5. The van der Waals surface area contributed by atoms with Crippen LogP contribution >= 0.6 is 0 Å². The number of anilines is 1. The molecule has 0 spiro atoms. The lowest BCUT2D eigenvalue weighted by Gasteiger charge is -2.12. The van der Waals surface area contributed by atoms with Crippen LogP contribution in [0.15, 0.2) is 66.7 Å². The largest absolute Gasteiger partial charge is 0.378 e. The molecule has 0 unspecified atom stereocenters. The molecular weight excluding hydrogens is 302 g/mol. The molecule has 0 atom stereocenters. The van der Waals surface area contributed by atoms with Crippen LogP contribution in [0.2, 0.25) is 0 Å². The maximum atomic E-state index is 2.29. The van der Waals surface area contributed by atoms with E-state index in [2.05, 4.69) is 85.7 Å². The fraction of sp³-hybridized carbons (Fsp3) is 0.333. The van der Waals surface area contributed by atoms with Gasteiger partial charge >= 0.3 is 0 Å². The number of aryl methyl sites for hydroxylation is 2. The minimum absolute atomic E-state index is 1.19. The van der Waals surface area contributed by atoms with Crippen molar-refractivity contribution in [1.82, 2.24) is 0 Å². The van der Waals surface area contributed by atoms with Gasteiger partial charge in [-0.25, -0.2) is 0 Å². The second kappa shape index (κ2) is 8.71. The topological polar surface area (TPSA) is 3.24 Å². The monoisotopic (exact) mass is 331 g/mol. The fourth-order valence-corrected chi connectivity index (χ4v) is 3.47. The molecule has 0 aliphatic carbocycles. The smallest absolute Gasteiger partial charge is 0.0361 e. The summed E-state index contributed by atoms with van der Waals surface area (Å²) in [4.78, 5) is 2.15. The van der Waals surface area contributed by atoms with Crippen molar-refractivity contribution in [1.29, 1.82) is 0 Å². The van der Waals surface area contributed by atoms with E-state index in [-0.39, 0.29) is 0 Å². The third kappa shape index (κ3) is 4.85. The zero-order valence-electron chi connectivity index (χ0n) is 15.5. The Hall–Kier alpha value is -2.28. The molecule has 3 rings (SSSR count). The van der Waals surface area contributed by atoms with E-state index in [4.69, 9.17) is 0 Å². The number of hydrogen-bond acceptors (Lipinski definition) is 1. The minimum Gasteiger partial charge on any atom is -0.378 e. The highest BCUT2D eigenvalue weighted by Gasteiger charge is 2.01. The Kier molecular flexibility index (Phi) is 6.11. The van der Waals surface area contributed by atoms with E-state index in [1.807, 2.05) is 0 Å². The lowest BCUT2D eigenvalue weighted by Crippen LogP contribution is -2.08. The Balaban J connectivity index is 1.40. The van der Waals surface area contributed by atoms with Crippen LogP contribution in [0.25, 0.3) is 10.8 Å². The average molecular weight is 332 g/mol. The van der Waals surface area contributed by atoms with E-state index in [0.717, 1.165) is 0 Å². The average Bonchev–Trinajstić information content (AvgIpc) is 2.65. The van der Waals surface area contributed by atoms with Crippen LogP contribution in [0.4, 0.5) is 5.69 Å². The molecular formula is C24H29N. The normalized spacial score (nSPS) is 11.0. The summed E-state index contributed by atoms with van der Waals surface area (Å²) in [5.41, 5.74) is 4.23. The molecule has 0 aromatic heterocycles. The van der Waals surface area contributed by atoms with Gasteiger partial charge in [0.1, 0.15) is 0 Å². The molecule has 3 aromatic carbocycles. The van der Waals surface area contributed by atoms with Crippen LogP contribution in [0.1, 0.15) is 36.8 Å². The highest BCUT2D eigenvalue weighted by atomic mass is 15.1. The van der Waals surface area contributed by atoms with Gasteiger partial charge in [-0.05, 0) is 59.7 Å². The highest BCUT2D eigenvalue weighted by molar-refractivity contribution is 5.85. The molecule has 0 aliphatic rings. The molecule has 0 saturated carbocycles. The molecule has 0 N–H and O–H groups in total. The van der Waals surface area contributed by atoms with Crippen LogP contribution in [0.5, 0.6) is 0 Å². The van der Waals surface area contributed by atoms with Crippen LogP contribution in [0.3, 0.4) is 0 Å². The van der Waals surface area contributed by atoms with Crippen molar-refractivity contribution in [2.75, 3.05) is 19.0 Å². The summed E-state index contributed by atoms with van der Waals surface area (Å²) >= 11 is 0. The fourth-order valence-electron chi connectivity index (χ4n) is 3.47. The van der Waals surface area contributed by atoms with Gasteiger partial charge in [-0.3, -0.25) is 0 Å². The molecule has 0 amide bonds. The first kappa shape index (κ1) is 17.5. The standard InChI is InChI=1S/C24H29N/c1-25(2)23-18-16-20(17-19-23)10-5-3-4-6-11-21-13-9-14-22-12-7-8-15-24(21)22/h7-9,12-19H,3-6,10-11H2,1-2H3. The highest BCUT2D eigenvalue weighted by Crippen LogP contribution is 2.21. The van der Waals surface area contributed by atoms with Gasteiger partial charge in [0.25, 0.3) is 0 Å². The van der Waals surface area contributed by atoms with E-state index in [1.54, 1.807) is 0 Å². The van der Waals surface area contributed by atoms with Crippen LogP contribution < -0.4 is 4.90 Å². The third-order valence-corrected chi connectivity index (χ3v) is 4.99. The molecule has 0 saturated heterocycles. The summed E-state index contributed by atoms with van der Waals surface area (Å²) in [6.07, 6.45) is 7.60. The molecule has 1 heteroatoms. The number of unbranched alkanes of at least 4 members (excludes halogenated alkanes) is 3. The zero-order chi connectivity index (χ0) is 17.5. The van der Waals surface area contributed by atoms with Crippen molar-refractivity contribution in [3.8, 4) is 0 Å². The first-order chi connectivity index (χ1) is 12.2.